The molecule has 166 valence electrons. The Hall–Kier alpha value is -0.790. The fourth-order valence-corrected chi connectivity index (χ4v) is 2.57. The van der Waals surface area contributed by atoms with Gasteiger partial charge in [0.2, 0.25) is 0 Å². The number of rotatable bonds is 4. The molecule has 15 heteroatoms. The second-order valence-corrected chi connectivity index (χ2v) is 6.48. The van der Waals surface area contributed by atoms with Gasteiger partial charge in [-0.2, -0.15) is 0 Å². The molecule has 2 fully saturated rings. The van der Waals surface area contributed by atoms with E-state index in [2.05, 4.69) is 18.1 Å². The van der Waals surface area contributed by atoms with E-state index in [9.17, 15) is 35.7 Å². The third-order valence-electron chi connectivity index (χ3n) is 4.12. The molecule has 2 saturated heterocycles. The molecule has 0 spiro atoms. The molecule has 0 unspecified atom stereocenters. The number of nitrogens with two attached hydrogens (primary N) is 2. The monoisotopic (exact) mass is 433 g/mol. The van der Waals surface area contributed by atoms with Gasteiger partial charge in [0.15, 0.2) is 17.7 Å². The van der Waals surface area contributed by atoms with Crippen molar-refractivity contribution in [3.63, 3.8) is 0 Å². The SMILES string of the molecule is NNC(N)=S.OC[C@H]1O[C@@H](O[C@H]2[C@H](O)[C@@H](O)[C@H](O)O[C@@H]2CO)[C@H](O)[C@@H](O)[C@H]1O. The van der Waals surface area contributed by atoms with Gasteiger partial charge in [0.25, 0.3) is 0 Å². The molecule has 13 N–H and O–H groups in total. The summed E-state index contributed by atoms with van der Waals surface area (Å²) >= 11 is 4.24. The van der Waals surface area contributed by atoms with Crippen LogP contribution in [0.25, 0.3) is 0 Å². The maximum absolute atomic E-state index is 9.94. The fourth-order valence-electron chi connectivity index (χ4n) is 2.57. The zero-order chi connectivity index (χ0) is 21.6. The Balaban J connectivity index is 0.000000696. The minimum absolute atomic E-state index is 0.116. The summed E-state index contributed by atoms with van der Waals surface area (Å²) in [5.41, 5.74) is 6.82. The van der Waals surface area contributed by atoms with Gasteiger partial charge in [0.1, 0.15) is 48.8 Å². The third kappa shape index (κ3) is 6.10. The topological polar surface area (TPSA) is 254 Å². The number of hydrazine groups is 1. The van der Waals surface area contributed by atoms with Crippen LogP contribution >= 0.6 is 12.2 Å². The number of ether oxygens (including phenoxy) is 3. The fraction of sp³-hybridized carbons (Fsp3) is 0.923. The first-order valence-electron chi connectivity index (χ1n) is 8.11. The molecule has 0 amide bonds. The zero-order valence-electron chi connectivity index (χ0n) is 14.6. The number of hydrogen-bond donors (Lipinski definition) is 11. The Morgan fingerprint density at radius 2 is 1.39 bits per heavy atom. The number of thiocarbonyl (C=S) groups is 1. The van der Waals surface area contributed by atoms with Crippen molar-refractivity contribution in [1.82, 2.24) is 5.43 Å². The highest BCUT2D eigenvalue weighted by Crippen LogP contribution is 2.28. The molecule has 2 aliphatic heterocycles. The van der Waals surface area contributed by atoms with Crippen molar-refractivity contribution in [3.8, 4) is 0 Å². The molecule has 0 saturated carbocycles. The maximum atomic E-state index is 9.94. The van der Waals surface area contributed by atoms with Gasteiger partial charge < -0.3 is 66.2 Å². The summed E-state index contributed by atoms with van der Waals surface area (Å²) in [5.74, 6) is 4.66. The molecule has 0 aliphatic carbocycles. The van der Waals surface area contributed by atoms with Crippen molar-refractivity contribution < 1.29 is 55.1 Å². The first-order chi connectivity index (χ1) is 13.1. The summed E-state index contributed by atoms with van der Waals surface area (Å²) in [5, 5.41) is 76.6. The van der Waals surface area contributed by atoms with Crippen LogP contribution in [0.1, 0.15) is 0 Å². The summed E-state index contributed by atoms with van der Waals surface area (Å²) < 4.78 is 15.3. The summed E-state index contributed by atoms with van der Waals surface area (Å²) in [6.07, 6.45) is -15.6. The second kappa shape index (κ2) is 11.4. The minimum Gasteiger partial charge on any atom is -0.394 e. The predicted octanol–water partition coefficient (Wildman–Crippen LogP) is -6.70. The lowest BCUT2D eigenvalue weighted by Gasteiger charge is -2.45. The van der Waals surface area contributed by atoms with Crippen molar-refractivity contribution in [2.75, 3.05) is 13.2 Å². The number of aliphatic hydroxyl groups excluding tert-OH is 8. The van der Waals surface area contributed by atoms with Gasteiger partial charge in [-0.05, 0) is 12.2 Å². The molecule has 0 radical (unpaired) electrons. The smallest absolute Gasteiger partial charge is 0.187 e. The van der Waals surface area contributed by atoms with Gasteiger partial charge in [-0.1, -0.05) is 0 Å². The number of aliphatic hydroxyl groups is 8. The van der Waals surface area contributed by atoms with Crippen LogP contribution in [-0.2, 0) is 14.2 Å². The van der Waals surface area contributed by atoms with E-state index in [-0.39, 0.29) is 5.11 Å². The Morgan fingerprint density at radius 1 is 0.857 bits per heavy atom. The minimum atomic E-state index is -1.74. The first kappa shape index (κ1) is 25.2. The van der Waals surface area contributed by atoms with E-state index >= 15 is 0 Å². The van der Waals surface area contributed by atoms with E-state index in [1.807, 2.05) is 5.43 Å². The standard InChI is InChI=1S/C12H22O11.CH5N3S/c13-1-3-5(15)6(16)9(19)12(22-3)23-10-4(2-14)21-11(20)8(18)7(10)17;2-1(5)4-3/h3-20H,1-2H2;3H2,(H3,2,4,5)/t3-,4-,5+,6+,7-,8-,9-,10-,11-,12+;/m1./s1. The highest BCUT2D eigenvalue weighted by molar-refractivity contribution is 7.80. The number of hydrogen-bond acceptors (Lipinski definition) is 13. The molecule has 0 aromatic heterocycles. The normalized spacial score (nSPS) is 43.6. The van der Waals surface area contributed by atoms with Crippen molar-refractivity contribution in [1.29, 1.82) is 0 Å². The van der Waals surface area contributed by atoms with Crippen LogP contribution in [0.3, 0.4) is 0 Å². The van der Waals surface area contributed by atoms with Crippen LogP contribution in [0.5, 0.6) is 0 Å². The van der Waals surface area contributed by atoms with Crippen LogP contribution in [0, 0.1) is 0 Å². The molecule has 2 aliphatic rings. The van der Waals surface area contributed by atoms with E-state index in [0.29, 0.717) is 0 Å². The van der Waals surface area contributed by atoms with Gasteiger partial charge in [0, 0.05) is 0 Å². The Bertz CT molecular complexity index is 489. The van der Waals surface area contributed by atoms with Gasteiger partial charge in [0.05, 0.1) is 13.2 Å². The van der Waals surface area contributed by atoms with Gasteiger partial charge >= 0.3 is 0 Å². The van der Waals surface area contributed by atoms with E-state index in [1.54, 1.807) is 0 Å². The molecule has 0 aromatic rings. The Kier molecular flexibility index (Phi) is 10.3. The highest BCUT2D eigenvalue weighted by Gasteiger charge is 2.50. The largest absolute Gasteiger partial charge is 0.394 e. The van der Waals surface area contributed by atoms with Crippen LogP contribution in [-0.4, -0.2) is 121 Å². The second-order valence-electron chi connectivity index (χ2n) is 6.04. The lowest BCUT2D eigenvalue weighted by Crippen LogP contribution is -2.64. The van der Waals surface area contributed by atoms with Gasteiger partial charge in [-0.3, -0.25) is 0 Å². The predicted molar refractivity (Wildman–Crippen MR) is 92.7 cm³/mol. The molecule has 10 atom stereocenters. The molecule has 2 heterocycles. The Morgan fingerprint density at radius 3 is 1.86 bits per heavy atom. The summed E-state index contributed by atoms with van der Waals surface area (Å²) in [7, 11) is 0. The van der Waals surface area contributed by atoms with E-state index in [4.69, 9.17) is 25.1 Å². The Labute approximate surface area is 164 Å². The zero-order valence-corrected chi connectivity index (χ0v) is 15.4. The van der Waals surface area contributed by atoms with E-state index in [0.717, 1.165) is 0 Å². The average Bonchev–Trinajstić information content (AvgIpc) is 2.68. The van der Waals surface area contributed by atoms with Crippen LogP contribution in [0.4, 0.5) is 0 Å². The lowest BCUT2D eigenvalue weighted by atomic mass is 9.97. The molecule has 0 aromatic carbocycles. The number of nitrogens with one attached hydrogen (secondary N) is 1. The lowest BCUT2D eigenvalue weighted by molar-refractivity contribution is -0.355. The molecule has 28 heavy (non-hydrogen) atoms. The van der Waals surface area contributed by atoms with Crippen LogP contribution in [0.15, 0.2) is 0 Å². The third-order valence-corrected chi connectivity index (χ3v) is 4.24. The van der Waals surface area contributed by atoms with Crippen LogP contribution in [0.2, 0.25) is 0 Å². The van der Waals surface area contributed by atoms with E-state index < -0.39 is 74.6 Å². The average molecular weight is 433 g/mol. The highest BCUT2D eigenvalue weighted by atomic mass is 32.1. The first-order valence-corrected chi connectivity index (χ1v) is 8.52. The van der Waals surface area contributed by atoms with Crippen molar-refractivity contribution >= 4 is 17.3 Å². The van der Waals surface area contributed by atoms with Crippen molar-refractivity contribution in [3.05, 3.63) is 0 Å². The quantitative estimate of drug-likeness (QED) is 0.112. The summed E-state index contributed by atoms with van der Waals surface area (Å²) in [6.45, 7) is -1.35. The molecule has 2 rings (SSSR count). The molecular formula is C13H27N3O11S. The molecule has 14 nitrogen and oxygen atoms in total. The van der Waals surface area contributed by atoms with Crippen LogP contribution < -0.4 is 17.0 Å². The van der Waals surface area contributed by atoms with Crippen molar-refractivity contribution in [2.45, 2.75) is 61.4 Å². The summed E-state index contributed by atoms with van der Waals surface area (Å²) in [6, 6.07) is 0. The van der Waals surface area contributed by atoms with Crippen molar-refractivity contribution in [2.24, 2.45) is 11.6 Å². The van der Waals surface area contributed by atoms with Gasteiger partial charge in [-0.25, -0.2) is 5.84 Å². The molecular weight excluding hydrogens is 406 g/mol. The van der Waals surface area contributed by atoms with E-state index in [1.165, 1.54) is 0 Å². The molecule has 0 bridgehead atoms. The maximum Gasteiger partial charge on any atom is 0.187 e. The summed E-state index contributed by atoms with van der Waals surface area (Å²) in [4.78, 5) is 0. The van der Waals surface area contributed by atoms with Gasteiger partial charge in [-0.15, -0.1) is 0 Å².